The molecule has 70 valence electrons. The molecule has 0 aromatic carbocycles. The maximum Gasteiger partial charge on any atom is 0.317 e. The minimum absolute atomic E-state index is 0.0425. The first-order valence-electron chi connectivity index (χ1n) is 4.45. The van der Waals surface area contributed by atoms with E-state index in [-0.39, 0.29) is 6.03 Å². The Bertz CT molecular complexity index is 150. The van der Waals surface area contributed by atoms with Gasteiger partial charge in [0, 0.05) is 26.2 Å². The van der Waals surface area contributed by atoms with Gasteiger partial charge in [-0.1, -0.05) is 0 Å². The second-order valence-electron chi connectivity index (χ2n) is 2.77. The third-order valence-corrected chi connectivity index (χ3v) is 1.88. The first-order chi connectivity index (χ1) is 5.84. The molecule has 0 aromatic heterocycles. The van der Waals surface area contributed by atoms with Crippen molar-refractivity contribution in [1.82, 2.24) is 10.2 Å². The van der Waals surface area contributed by atoms with Gasteiger partial charge in [-0.05, 0) is 13.3 Å². The average Bonchev–Trinajstić information content (AvgIpc) is 2.09. The van der Waals surface area contributed by atoms with Crippen molar-refractivity contribution in [1.29, 1.82) is 0 Å². The summed E-state index contributed by atoms with van der Waals surface area (Å²) in [5.74, 6) is 0. The van der Waals surface area contributed by atoms with E-state index in [0.717, 1.165) is 26.1 Å². The minimum atomic E-state index is 0.0425. The lowest BCUT2D eigenvalue weighted by Gasteiger charge is -2.27. The number of urea groups is 1. The van der Waals surface area contributed by atoms with Gasteiger partial charge < -0.3 is 15.0 Å². The van der Waals surface area contributed by atoms with Crippen LogP contribution in [-0.2, 0) is 4.74 Å². The molecule has 4 heteroatoms. The predicted octanol–water partition coefficient (Wildman–Crippen LogP) is 0.438. The topological polar surface area (TPSA) is 41.6 Å². The molecule has 1 aliphatic rings. The van der Waals surface area contributed by atoms with Crippen molar-refractivity contribution in [2.24, 2.45) is 0 Å². The Balaban J connectivity index is 2.16. The zero-order valence-electron chi connectivity index (χ0n) is 7.51. The molecule has 12 heavy (non-hydrogen) atoms. The van der Waals surface area contributed by atoms with E-state index in [9.17, 15) is 4.79 Å². The number of amides is 2. The maximum absolute atomic E-state index is 11.1. The fourth-order valence-electron chi connectivity index (χ4n) is 1.21. The monoisotopic (exact) mass is 172 g/mol. The van der Waals surface area contributed by atoms with Crippen molar-refractivity contribution >= 4 is 6.03 Å². The largest absolute Gasteiger partial charge is 0.380 e. The smallest absolute Gasteiger partial charge is 0.317 e. The Hall–Kier alpha value is -0.770. The lowest BCUT2D eigenvalue weighted by Crippen LogP contribution is -2.47. The highest BCUT2D eigenvalue weighted by molar-refractivity contribution is 5.74. The van der Waals surface area contributed by atoms with Gasteiger partial charge in [-0.15, -0.1) is 0 Å². The van der Waals surface area contributed by atoms with Crippen molar-refractivity contribution in [2.45, 2.75) is 13.3 Å². The highest BCUT2D eigenvalue weighted by Gasteiger charge is 2.15. The molecule has 2 amide bonds. The average molecular weight is 172 g/mol. The highest BCUT2D eigenvalue weighted by atomic mass is 16.5. The molecule has 0 atom stereocenters. The maximum atomic E-state index is 11.1. The number of ether oxygens (including phenoxy) is 1. The Morgan fingerprint density at radius 2 is 2.50 bits per heavy atom. The van der Waals surface area contributed by atoms with Gasteiger partial charge in [0.1, 0.15) is 0 Å². The summed E-state index contributed by atoms with van der Waals surface area (Å²) in [6, 6.07) is 0.0425. The molecular formula is C8H16N2O2. The van der Waals surface area contributed by atoms with Crippen molar-refractivity contribution in [2.75, 3.05) is 32.8 Å². The number of nitrogens with one attached hydrogen (secondary N) is 1. The van der Waals surface area contributed by atoms with Crippen LogP contribution in [0, 0.1) is 0 Å². The van der Waals surface area contributed by atoms with Gasteiger partial charge in [0.05, 0.1) is 6.61 Å². The van der Waals surface area contributed by atoms with E-state index in [1.54, 1.807) is 4.90 Å². The van der Waals surface area contributed by atoms with E-state index < -0.39 is 0 Å². The summed E-state index contributed by atoms with van der Waals surface area (Å²) in [7, 11) is 0. The molecule has 1 saturated heterocycles. The second-order valence-corrected chi connectivity index (χ2v) is 2.77. The molecule has 0 spiro atoms. The van der Waals surface area contributed by atoms with Crippen molar-refractivity contribution in [3.63, 3.8) is 0 Å². The summed E-state index contributed by atoms with van der Waals surface area (Å²) in [5.41, 5.74) is 0. The molecule has 0 radical (unpaired) electrons. The van der Waals surface area contributed by atoms with Crippen LogP contribution in [0.4, 0.5) is 4.79 Å². The summed E-state index contributed by atoms with van der Waals surface area (Å²) in [4.78, 5) is 12.9. The normalized spacial score (nSPS) is 17.8. The van der Waals surface area contributed by atoms with E-state index in [1.165, 1.54) is 0 Å². The van der Waals surface area contributed by atoms with E-state index in [2.05, 4.69) is 5.32 Å². The van der Waals surface area contributed by atoms with Crippen molar-refractivity contribution in [3.8, 4) is 0 Å². The number of hydrogen-bond donors (Lipinski definition) is 1. The fraction of sp³-hybridized carbons (Fsp3) is 0.875. The van der Waals surface area contributed by atoms with Crippen molar-refractivity contribution in [3.05, 3.63) is 0 Å². The summed E-state index contributed by atoms with van der Waals surface area (Å²) in [6.45, 7) is 5.69. The lowest BCUT2D eigenvalue weighted by atomic mass is 10.3. The summed E-state index contributed by atoms with van der Waals surface area (Å²) >= 11 is 0. The van der Waals surface area contributed by atoms with Gasteiger partial charge in [0.2, 0.25) is 0 Å². The van der Waals surface area contributed by atoms with Gasteiger partial charge in [0.15, 0.2) is 0 Å². The number of carbonyl (C=O) groups excluding carboxylic acids is 1. The van der Waals surface area contributed by atoms with Crippen LogP contribution >= 0.6 is 0 Å². The lowest BCUT2D eigenvalue weighted by molar-refractivity contribution is 0.114. The molecule has 0 aliphatic carbocycles. The van der Waals surface area contributed by atoms with Crippen LogP contribution in [0.25, 0.3) is 0 Å². The molecule has 0 aromatic rings. The SMILES string of the molecule is CCOCCN1CCCNC1=O. The Morgan fingerprint density at radius 1 is 1.67 bits per heavy atom. The molecule has 1 heterocycles. The number of carbonyl (C=O) groups is 1. The van der Waals surface area contributed by atoms with Gasteiger partial charge in [-0.2, -0.15) is 0 Å². The van der Waals surface area contributed by atoms with Crippen LogP contribution < -0.4 is 5.32 Å². The molecule has 0 saturated carbocycles. The fourth-order valence-corrected chi connectivity index (χ4v) is 1.21. The summed E-state index contributed by atoms with van der Waals surface area (Å²) < 4.78 is 5.16. The molecule has 0 bridgehead atoms. The minimum Gasteiger partial charge on any atom is -0.380 e. The zero-order chi connectivity index (χ0) is 8.81. The molecular weight excluding hydrogens is 156 g/mol. The van der Waals surface area contributed by atoms with Gasteiger partial charge >= 0.3 is 6.03 Å². The van der Waals surface area contributed by atoms with Crippen LogP contribution in [0.5, 0.6) is 0 Å². The summed E-state index contributed by atoms with van der Waals surface area (Å²) in [5, 5.41) is 2.79. The highest BCUT2D eigenvalue weighted by Crippen LogP contribution is 1.97. The number of rotatable bonds is 4. The number of hydrogen-bond acceptors (Lipinski definition) is 2. The first kappa shape index (κ1) is 9.32. The van der Waals surface area contributed by atoms with E-state index in [1.807, 2.05) is 6.92 Å². The first-order valence-corrected chi connectivity index (χ1v) is 4.45. The molecule has 1 fully saturated rings. The van der Waals surface area contributed by atoms with E-state index in [4.69, 9.17) is 4.74 Å². The van der Waals surface area contributed by atoms with Crippen LogP contribution in [-0.4, -0.2) is 43.8 Å². The number of nitrogens with zero attached hydrogens (tertiary/aromatic N) is 1. The van der Waals surface area contributed by atoms with Crippen LogP contribution in [0.3, 0.4) is 0 Å². The van der Waals surface area contributed by atoms with Crippen LogP contribution in [0.15, 0.2) is 0 Å². The van der Waals surface area contributed by atoms with Gasteiger partial charge in [-0.25, -0.2) is 4.79 Å². The Kier molecular flexibility index (Phi) is 3.87. The quantitative estimate of drug-likeness (QED) is 0.625. The predicted molar refractivity (Wildman–Crippen MR) is 46.1 cm³/mol. The molecule has 0 unspecified atom stereocenters. The molecule has 1 rings (SSSR count). The molecule has 4 nitrogen and oxygen atoms in total. The van der Waals surface area contributed by atoms with Gasteiger partial charge in [0.25, 0.3) is 0 Å². The summed E-state index contributed by atoms with van der Waals surface area (Å²) in [6.07, 6.45) is 1.04. The Labute approximate surface area is 72.9 Å². The third kappa shape index (κ3) is 2.70. The standard InChI is InChI=1S/C8H16N2O2/c1-2-12-7-6-10-5-3-4-9-8(10)11/h2-7H2,1H3,(H,9,11). The van der Waals surface area contributed by atoms with E-state index in [0.29, 0.717) is 13.2 Å². The van der Waals surface area contributed by atoms with Crippen LogP contribution in [0.1, 0.15) is 13.3 Å². The van der Waals surface area contributed by atoms with Crippen molar-refractivity contribution < 1.29 is 9.53 Å². The molecule has 1 N–H and O–H groups in total. The van der Waals surface area contributed by atoms with Crippen LogP contribution in [0.2, 0.25) is 0 Å². The third-order valence-electron chi connectivity index (χ3n) is 1.88. The zero-order valence-corrected chi connectivity index (χ0v) is 7.51. The Morgan fingerprint density at radius 3 is 3.17 bits per heavy atom. The van der Waals surface area contributed by atoms with E-state index >= 15 is 0 Å². The molecule has 1 aliphatic heterocycles. The second kappa shape index (κ2) is 4.98. The van der Waals surface area contributed by atoms with Gasteiger partial charge in [-0.3, -0.25) is 0 Å².